The first-order chi connectivity index (χ1) is 19.5. The van der Waals surface area contributed by atoms with Gasteiger partial charge in [0, 0.05) is 49.1 Å². The molecule has 12 heteroatoms. The Morgan fingerprint density at radius 1 is 1.17 bits per heavy atom. The number of halogens is 1. The molecule has 0 spiro atoms. The molecule has 0 unspecified atom stereocenters. The summed E-state index contributed by atoms with van der Waals surface area (Å²) in [5, 5.41) is 30.9. The molecule has 4 aromatic rings. The summed E-state index contributed by atoms with van der Waals surface area (Å²) in [7, 11) is 0. The smallest absolute Gasteiger partial charge is 0.410 e. The third kappa shape index (κ3) is 5.26. The maximum Gasteiger partial charge on any atom is 0.410 e. The molecule has 5 rings (SSSR count). The molecule has 1 aliphatic rings. The van der Waals surface area contributed by atoms with E-state index in [-0.39, 0.29) is 40.0 Å². The summed E-state index contributed by atoms with van der Waals surface area (Å²) >= 11 is 0. The zero-order valence-electron chi connectivity index (χ0n) is 23.0. The third-order valence-electron chi connectivity index (χ3n) is 6.84. The Balaban J connectivity index is 1.55. The van der Waals surface area contributed by atoms with Crippen molar-refractivity contribution >= 4 is 28.5 Å². The Bertz CT molecular complexity index is 1710. The van der Waals surface area contributed by atoms with Crippen LogP contribution in [0, 0.1) is 29.0 Å². The van der Waals surface area contributed by atoms with Crippen LogP contribution in [0.2, 0.25) is 0 Å². The molecule has 11 nitrogen and oxygen atoms in total. The quantitative estimate of drug-likeness (QED) is 0.300. The number of hydrogen-bond donors (Lipinski definition) is 2. The molecule has 1 saturated heterocycles. The summed E-state index contributed by atoms with van der Waals surface area (Å²) in [5.41, 5.74) is 2.15. The summed E-state index contributed by atoms with van der Waals surface area (Å²) in [5.74, 6) is -1.01. The summed E-state index contributed by atoms with van der Waals surface area (Å²) < 4.78 is 20.4. The number of pyridine rings is 1. The number of anilines is 1. The number of phenols is 1. The van der Waals surface area contributed by atoms with Crippen LogP contribution in [0.15, 0.2) is 41.6 Å². The first kappa shape index (κ1) is 27.5. The number of amides is 1. The highest BCUT2D eigenvalue weighted by Gasteiger charge is 2.28. The number of aromatic amines is 1. The van der Waals surface area contributed by atoms with Crippen LogP contribution >= 0.6 is 0 Å². The van der Waals surface area contributed by atoms with Crippen LogP contribution in [-0.2, 0) is 4.74 Å². The van der Waals surface area contributed by atoms with Crippen LogP contribution < -0.4 is 4.90 Å². The summed E-state index contributed by atoms with van der Waals surface area (Å²) in [6.07, 6.45) is -0.386. The van der Waals surface area contributed by atoms with Crippen LogP contribution in [0.5, 0.6) is 5.75 Å². The lowest BCUT2D eigenvalue weighted by Crippen LogP contribution is -2.50. The Kier molecular flexibility index (Phi) is 7.04. The Labute approximate surface area is 235 Å². The van der Waals surface area contributed by atoms with Gasteiger partial charge in [0.25, 0.3) is 0 Å². The number of nitroso groups, excluding NO2 is 1. The zero-order valence-corrected chi connectivity index (χ0v) is 23.0. The molecule has 0 radical (unpaired) electrons. The minimum atomic E-state index is -0.748. The average Bonchev–Trinajstić information content (AvgIpc) is 3.31. The number of fused-ring (bicyclic) bond motifs is 1. The molecule has 0 aliphatic carbocycles. The molecule has 3 heterocycles. The second-order valence-electron chi connectivity index (χ2n) is 10.8. The summed E-state index contributed by atoms with van der Waals surface area (Å²) in [6.45, 7) is 8.98. The van der Waals surface area contributed by atoms with Crippen molar-refractivity contribution in [2.24, 2.45) is 5.18 Å². The molecule has 210 valence electrons. The number of benzene rings is 2. The molecule has 1 amide bonds. The molecule has 0 bridgehead atoms. The van der Waals surface area contributed by atoms with E-state index in [0.29, 0.717) is 54.1 Å². The second kappa shape index (κ2) is 10.5. The number of aromatic hydroxyl groups is 1. The number of aromatic nitrogens is 3. The van der Waals surface area contributed by atoms with Crippen LogP contribution in [0.25, 0.3) is 33.4 Å². The van der Waals surface area contributed by atoms with Crippen molar-refractivity contribution in [3.63, 3.8) is 0 Å². The van der Waals surface area contributed by atoms with Crippen molar-refractivity contribution in [2.75, 3.05) is 31.1 Å². The van der Waals surface area contributed by atoms with Crippen LogP contribution in [0.1, 0.15) is 32.0 Å². The molecule has 1 aliphatic heterocycles. The molecule has 0 saturated carbocycles. The third-order valence-corrected chi connectivity index (χ3v) is 6.84. The van der Waals surface area contributed by atoms with Gasteiger partial charge in [-0.3, -0.25) is 5.10 Å². The fraction of sp³-hybridized carbons (Fsp3) is 0.310. The van der Waals surface area contributed by atoms with E-state index in [1.54, 1.807) is 30.0 Å². The fourth-order valence-corrected chi connectivity index (χ4v) is 4.97. The zero-order chi connectivity index (χ0) is 29.5. The molecule has 2 N–H and O–H groups in total. The predicted octanol–water partition coefficient (Wildman–Crippen LogP) is 5.77. The molecular formula is C29H28FN7O4. The number of nitrogens with one attached hydrogen (secondary N) is 1. The van der Waals surface area contributed by atoms with Gasteiger partial charge in [-0.15, -0.1) is 4.91 Å². The number of ether oxygens (including phenoxy) is 1. The number of hydrogen-bond acceptors (Lipinski definition) is 9. The molecule has 2 aromatic heterocycles. The standard InChI is InChI=1S/C29H28FN7O4/c1-16-24-25(20(15-31)26(32-27(24)34-33-16)19-7-6-18(38)14-21(19)30)17-5-8-23(22(13-17)35-40)36-9-11-37(12-10-36)28(39)41-29(2,3)4/h5-8,13-14,38H,9-12H2,1-4H3,(H,32,33,34). The van der Waals surface area contributed by atoms with E-state index >= 15 is 0 Å². The number of carbonyl (C=O) groups is 1. The minimum absolute atomic E-state index is 0.0244. The first-order valence-electron chi connectivity index (χ1n) is 13.0. The summed E-state index contributed by atoms with van der Waals surface area (Å²) in [4.78, 5) is 32.6. The Hall–Kier alpha value is -5.05. The average molecular weight is 558 g/mol. The minimum Gasteiger partial charge on any atom is -0.508 e. The van der Waals surface area contributed by atoms with Gasteiger partial charge in [0.1, 0.15) is 28.9 Å². The van der Waals surface area contributed by atoms with E-state index < -0.39 is 11.4 Å². The predicted molar refractivity (Wildman–Crippen MR) is 151 cm³/mol. The number of carbonyl (C=O) groups excluding carboxylic acids is 1. The lowest BCUT2D eigenvalue weighted by molar-refractivity contribution is 0.0240. The maximum atomic E-state index is 14.9. The number of nitriles is 1. The SMILES string of the molecule is Cc1[nH]nc2nc(-c3ccc(O)cc3F)c(C#N)c(-c3ccc(N4CCN(C(=O)OC(C)(C)C)CC4)c(N=O)c3)c12. The van der Waals surface area contributed by atoms with Crippen LogP contribution in [0.3, 0.4) is 0 Å². The monoisotopic (exact) mass is 557 g/mol. The van der Waals surface area contributed by atoms with Crippen LogP contribution in [-0.4, -0.2) is 63.1 Å². The van der Waals surface area contributed by atoms with E-state index in [4.69, 9.17) is 4.74 Å². The van der Waals surface area contributed by atoms with Gasteiger partial charge in [-0.1, -0.05) is 6.07 Å². The lowest BCUT2D eigenvalue weighted by atomic mass is 9.92. The lowest BCUT2D eigenvalue weighted by Gasteiger charge is -2.37. The van der Waals surface area contributed by atoms with E-state index in [2.05, 4.69) is 26.4 Å². The molecular weight excluding hydrogens is 529 g/mol. The van der Waals surface area contributed by atoms with Gasteiger partial charge < -0.3 is 19.6 Å². The van der Waals surface area contributed by atoms with E-state index in [1.165, 1.54) is 12.1 Å². The van der Waals surface area contributed by atoms with Gasteiger partial charge in [-0.05, 0) is 62.7 Å². The van der Waals surface area contributed by atoms with Crippen molar-refractivity contribution < 1.29 is 19.0 Å². The van der Waals surface area contributed by atoms with Gasteiger partial charge >= 0.3 is 6.09 Å². The van der Waals surface area contributed by atoms with Crippen molar-refractivity contribution in [3.05, 3.63) is 58.4 Å². The number of aryl methyl sites for hydroxylation is 1. The number of piperazine rings is 1. The van der Waals surface area contributed by atoms with Crippen LogP contribution in [0.4, 0.5) is 20.6 Å². The van der Waals surface area contributed by atoms with E-state index in [1.807, 2.05) is 25.7 Å². The van der Waals surface area contributed by atoms with Gasteiger partial charge in [-0.2, -0.15) is 10.4 Å². The number of nitrogens with zero attached hydrogens (tertiary/aromatic N) is 6. The topological polar surface area (TPSA) is 148 Å². The highest BCUT2D eigenvalue weighted by atomic mass is 19.1. The fourth-order valence-electron chi connectivity index (χ4n) is 4.97. The van der Waals surface area contributed by atoms with Gasteiger partial charge in [0.05, 0.1) is 22.3 Å². The second-order valence-corrected chi connectivity index (χ2v) is 10.8. The van der Waals surface area contributed by atoms with Gasteiger partial charge in [0.2, 0.25) is 0 Å². The number of H-pyrrole nitrogens is 1. The van der Waals surface area contributed by atoms with Crippen molar-refractivity contribution in [2.45, 2.75) is 33.3 Å². The van der Waals surface area contributed by atoms with Crippen molar-refractivity contribution in [3.8, 4) is 34.2 Å². The number of phenolic OH excluding ortho intramolecular Hbond substituents is 1. The molecule has 0 atom stereocenters. The Morgan fingerprint density at radius 3 is 2.54 bits per heavy atom. The van der Waals surface area contributed by atoms with Gasteiger partial charge in [0.15, 0.2) is 5.65 Å². The van der Waals surface area contributed by atoms with E-state index in [9.17, 15) is 24.5 Å². The normalized spacial score (nSPS) is 13.8. The first-order valence-corrected chi connectivity index (χ1v) is 13.0. The molecule has 41 heavy (non-hydrogen) atoms. The highest BCUT2D eigenvalue weighted by Crippen LogP contribution is 2.41. The Morgan fingerprint density at radius 2 is 1.90 bits per heavy atom. The van der Waals surface area contributed by atoms with Gasteiger partial charge in [-0.25, -0.2) is 14.2 Å². The highest BCUT2D eigenvalue weighted by molar-refractivity contribution is 6.01. The summed E-state index contributed by atoms with van der Waals surface area (Å²) in [6, 6.07) is 10.9. The molecule has 2 aromatic carbocycles. The molecule has 1 fully saturated rings. The largest absolute Gasteiger partial charge is 0.508 e. The number of rotatable bonds is 4. The van der Waals surface area contributed by atoms with Crippen molar-refractivity contribution in [1.29, 1.82) is 5.26 Å². The van der Waals surface area contributed by atoms with E-state index in [0.717, 1.165) is 6.07 Å². The maximum absolute atomic E-state index is 14.9. The van der Waals surface area contributed by atoms with Crippen molar-refractivity contribution in [1.82, 2.24) is 20.1 Å².